The molecule has 1 aliphatic rings. The molecule has 3 rings (SSSR count). The fourth-order valence-corrected chi connectivity index (χ4v) is 3.28. The van der Waals surface area contributed by atoms with Crippen molar-refractivity contribution in [3.8, 4) is 0 Å². The molecule has 0 aliphatic carbocycles. The number of amides is 1. The lowest BCUT2D eigenvalue weighted by atomic mass is 9.98. The van der Waals surface area contributed by atoms with E-state index in [1.54, 1.807) is 18.3 Å². The Labute approximate surface area is 120 Å². The van der Waals surface area contributed by atoms with Crippen LogP contribution in [0.3, 0.4) is 0 Å². The van der Waals surface area contributed by atoms with E-state index >= 15 is 0 Å². The monoisotopic (exact) mass is 292 g/mol. The van der Waals surface area contributed by atoms with Gasteiger partial charge in [0.15, 0.2) is 0 Å². The maximum atomic E-state index is 11.4. The molecule has 0 saturated carbocycles. The molecule has 2 aromatic heterocycles. The third kappa shape index (κ3) is 2.53. The van der Waals surface area contributed by atoms with Crippen molar-refractivity contribution in [3.05, 3.63) is 28.2 Å². The minimum atomic E-state index is -0.511. The van der Waals surface area contributed by atoms with Crippen molar-refractivity contribution in [2.75, 3.05) is 11.9 Å². The van der Waals surface area contributed by atoms with E-state index in [9.17, 15) is 4.79 Å². The van der Waals surface area contributed by atoms with Crippen LogP contribution in [0.15, 0.2) is 17.5 Å². The Bertz CT molecular complexity index is 594. The van der Waals surface area contributed by atoms with Crippen LogP contribution in [0.1, 0.15) is 36.4 Å². The van der Waals surface area contributed by atoms with E-state index in [1.165, 1.54) is 4.88 Å². The molecule has 0 bridgehead atoms. The molecule has 6 nitrogen and oxygen atoms in total. The minimum Gasteiger partial charge on any atom is -0.450 e. The van der Waals surface area contributed by atoms with Gasteiger partial charge in [-0.25, -0.2) is 9.48 Å². The highest BCUT2D eigenvalue weighted by Gasteiger charge is 2.26. The quantitative estimate of drug-likeness (QED) is 0.944. The number of aromatic nitrogens is 3. The van der Waals surface area contributed by atoms with Crippen molar-refractivity contribution in [1.29, 1.82) is 0 Å². The lowest BCUT2D eigenvalue weighted by molar-refractivity contribution is 0.167. The lowest BCUT2D eigenvalue weighted by Crippen LogP contribution is -2.17. The number of carbonyl (C=O) groups excluding carboxylic acids is 1. The molecule has 7 heteroatoms. The minimum absolute atomic E-state index is 0.272. The van der Waals surface area contributed by atoms with Gasteiger partial charge in [0.25, 0.3) is 5.95 Å². The zero-order chi connectivity index (χ0) is 13.9. The number of anilines is 1. The van der Waals surface area contributed by atoms with Gasteiger partial charge < -0.3 is 4.74 Å². The van der Waals surface area contributed by atoms with E-state index in [1.807, 2.05) is 10.7 Å². The molecule has 0 fully saturated rings. The fraction of sp³-hybridized carbons (Fsp3) is 0.462. The smallest absolute Gasteiger partial charge is 0.414 e. The predicted octanol–water partition coefficient (Wildman–Crippen LogP) is 2.83. The van der Waals surface area contributed by atoms with Crippen molar-refractivity contribution < 1.29 is 9.53 Å². The van der Waals surface area contributed by atoms with E-state index < -0.39 is 6.09 Å². The van der Waals surface area contributed by atoms with Gasteiger partial charge >= 0.3 is 6.09 Å². The van der Waals surface area contributed by atoms with Crippen LogP contribution in [0.5, 0.6) is 0 Å². The third-order valence-corrected chi connectivity index (χ3v) is 4.24. The first-order chi connectivity index (χ1) is 9.78. The number of aryl methyl sites for hydroxylation is 1. The molecule has 1 aliphatic heterocycles. The number of rotatable bonds is 3. The standard InChI is InChI=1S/C13H16N4O2S/c1-2-19-13(18)15-12-14-11-9(10-6-4-8-20-10)5-3-7-17(11)16-12/h4,6,8-9H,2-3,5,7H2,1H3,(H,15,16,18). The van der Waals surface area contributed by atoms with Crippen molar-refractivity contribution in [1.82, 2.24) is 14.8 Å². The summed E-state index contributed by atoms with van der Waals surface area (Å²) in [7, 11) is 0. The lowest BCUT2D eigenvalue weighted by Gasteiger charge is -2.20. The number of hydrogen-bond donors (Lipinski definition) is 1. The zero-order valence-electron chi connectivity index (χ0n) is 11.2. The number of thiophene rings is 1. The second kappa shape index (κ2) is 5.62. The van der Waals surface area contributed by atoms with Crippen molar-refractivity contribution in [3.63, 3.8) is 0 Å². The molecule has 20 heavy (non-hydrogen) atoms. The van der Waals surface area contributed by atoms with Gasteiger partial charge in [-0.2, -0.15) is 4.98 Å². The van der Waals surface area contributed by atoms with Gasteiger partial charge in [-0.1, -0.05) is 6.07 Å². The molecule has 0 saturated heterocycles. The van der Waals surface area contributed by atoms with Gasteiger partial charge in [0.1, 0.15) is 5.82 Å². The maximum absolute atomic E-state index is 11.4. The zero-order valence-corrected chi connectivity index (χ0v) is 12.0. The molecule has 1 atom stereocenters. The molecular formula is C13H16N4O2S. The van der Waals surface area contributed by atoms with Gasteiger partial charge in [0, 0.05) is 11.4 Å². The Morgan fingerprint density at radius 2 is 2.55 bits per heavy atom. The highest BCUT2D eigenvalue weighted by Crippen LogP contribution is 2.34. The average molecular weight is 292 g/mol. The van der Waals surface area contributed by atoms with Crippen LogP contribution >= 0.6 is 11.3 Å². The van der Waals surface area contributed by atoms with E-state index in [0.717, 1.165) is 25.2 Å². The summed E-state index contributed by atoms with van der Waals surface area (Å²) in [5, 5.41) is 8.97. The van der Waals surface area contributed by atoms with Crippen LogP contribution < -0.4 is 5.32 Å². The summed E-state index contributed by atoms with van der Waals surface area (Å²) in [6.07, 6.45) is 1.62. The third-order valence-electron chi connectivity index (χ3n) is 3.25. The number of carbonyl (C=O) groups is 1. The molecule has 0 aromatic carbocycles. The fourth-order valence-electron chi connectivity index (χ4n) is 2.42. The molecule has 106 valence electrons. The summed E-state index contributed by atoms with van der Waals surface area (Å²) in [6, 6.07) is 4.17. The molecule has 1 N–H and O–H groups in total. The summed E-state index contributed by atoms with van der Waals surface area (Å²) in [4.78, 5) is 17.2. The summed E-state index contributed by atoms with van der Waals surface area (Å²) >= 11 is 1.73. The largest absolute Gasteiger partial charge is 0.450 e. The van der Waals surface area contributed by atoms with Crippen LogP contribution in [0.25, 0.3) is 0 Å². The Morgan fingerprint density at radius 3 is 3.30 bits per heavy atom. The van der Waals surface area contributed by atoms with Crippen molar-refractivity contribution in [2.24, 2.45) is 0 Å². The number of ether oxygens (including phenoxy) is 1. The average Bonchev–Trinajstić information content (AvgIpc) is 3.06. The second-order valence-electron chi connectivity index (χ2n) is 4.57. The summed E-state index contributed by atoms with van der Waals surface area (Å²) in [5.41, 5.74) is 0. The van der Waals surface area contributed by atoms with Crippen LogP contribution in [-0.4, -0.2) is 27.5 Å². The first-order valence-corrected chi connectivity index (χ1v) is 7.58. The Kier molecular flexibility index (Phi) is 3.68. The van der Waals surface area contributed by atoms with E-state index in [4.69, 9.17) is 4.74 Å². The Balaban J connectivity index is 1.83. The van der Waals surface area contributed by atoms with Crippen molar-refractivity contribution in [2.45, 2.75) is 32.2 Å². The highest BCUT2D eigenvalue weighted by atomic mass is 32.1. The highest BCUT2D eigenvalue weighted by molar-refractivity contribution is 7.10. The van der Waals surface area contributed by atoms with Gasteiger partial charge in [-0.05, 0) is 31.2 Å². The SMILES string of the molecule is CCOC(=O)Nc1nc2n(n1)CCCC2c1cccs1. The van der Waals surface area contributed by atoms with E-state index in [0.29, 0.717) is 12.6 Å². The summed E-state index contributed by atoms with van der Waals surface area (Å²) in [6.45, 7) is 2.93. The van der Waals surface area contributed by atoms with Crippen molar-refractivity contribution >= 4 is 23.4 Å². The molecule has 1 unspecified atom stereocenters. The number of fused-ring (bicyclic) bond motifs is 1. The molecule has 0 radical (unpaired) electrons. The van der Waals surface area contributed by atoms with Gasteiger partial charge in [0.05, 0.1) is 12.5 Å². The molecule has 2 aromatic rings. The molecular weight excluding hydrogens is 276 g/mol. The topological polar surface area (TPSA) is 69.0 Å². The first-order valence-electron chi connectivity index (χ1n) is 6.70. The number of nitrogens with one attached hydrogen (secondary N) is 1. The van der Waals surface area contributed by atoms with Gasteiger partial charge in [0.2, 0.25) is 0 Å². The number of hydrogen-bond acceptors (Lipinski definition) is 5. The van der Waals surface area contributed by atoms with Crippen LogP contribution in [0.2, 0.25) is 0 Å². The summed E-state index contributed by atoms with van der Waals surface area (Å²) < 4.78 is 6.72. The maximum Gasteiger partial charge on any atom is 0.414 e. The summed E-state index contributed by atoms with van der Waals surface area (Å²) in [5.74, 6) is 1.52. The first kappa shape index (κ1) is 13.1. The van der Waals surface area contributed by atoms with E-state index in [2.05, 4.69) is 26.8 Å². The molecule has 1 amide bonds. The van der Waals surface area contributed by atoms with Gasteiger partial charge in [-0.3, -0.25) is 5.32 Å². The van der Waals surface area contributed by atoms with E-state index in [-0.39, 0.29) is 5.92 Å². The Morgan fingerprint density at radius 1 is 1.65 bits per heavy atom. The predicted molar refractivity (Wildman–Crippen MR) is 76.1 cm³/mol. The van der Waals surface area contributed by atoms with Crippen LogP contribution in [0.4, 0.5) is 10.7 Å². The Hall–Kier alpha value is -1.89. The molecule has 0 spiro atoms. The molecule has 3 heterocycles. The number of nitrogens with zero attached hydrogens (tertiary/aromatic N) is 3. The normalized spacial score (nSPS) is 17.6. The van der Waals surface area contributed by atoms with Crippen LogP contribution in [0, 0.1) is 0 Å². The second-order valence-corrected chi connectivity index (χ2v) is 5.55. The van der Waals surface area contributed by atoms with Crippen LogP contribution in [-0.2, 0) is 11.3 Å². The van der Waals surface area contributed by atoms with Gasteiger partial charge in [-0.15, -0.1) is 16.4 Å².